The highest BCUT2D eigenvalue weighted by atomic mass is 32.1. The van der Waals surface area contributed by atoms with Crippen LogP contribution < -0.4 is 0 Å². The molecule has 2 nitrogen and oxygen atoms in total. The third kappa shape index (κ3) is 2.71. The molecule has 20 heavy (non-hydrogen) atoms. The number of carbonyl (C=O) groups excluding carboxylic acids is 1. The second-order valence-corrected chi connectivity index (χ2v) is 5.16. The van der Waals surface area contributed by atoms with Gasteiger partial charge in [0.25, 0.3) is 0 Å². The number of aromatic nitrogens is 1. The summed E-state index contributed by atoms with van der Waals surface area (Å²) in [6.45, 7) is 0. The molecule has 0 amide bonds. The average Bonchev–Trinajstić information content (AvgIpc) is 3.16. The van der Waals surface area contributed by atoms with E-state index in [2.05, 4.69) is 16.8 Å². The summed E-state index contributed by atoms with van der Waals surface area (Å²) in [7, 11) is 0. The van der Waals surface area contributed by atoms with Crippen LogP contribution in [0.2, 0.25) is 0 Å². The number of benzene rings is 1. The van der Waals surface area contributed by atoms with Gasteiger partial charge in [-0.3, -0.25) is 4.79 Å². The maximum absolute atomic E-state index is 11.9. The van der Waals surface area contributed by atoms with Crippen LogP contribution in [0.25, 0.3) is 10.6 Å². The van der Waals surface area contributed by atoms with Crippen LogP contribution in [0.4, 0.5) is 0 Å². The Morgan fingerprint density at radius 1 is 1.00 bits per heavy atom. The smallest absolute Gasteiger partial charge is 0.236 e. The molecule has 1 N–H and O–H groups in total. The van der Waals surface area contributed by atoms with Crippen LogP contribution in [-0.4, -0.2) is 10.8 Å². The second kappa shape index (κ2) is 5.60. The first-order chi connectivity index (χ1) is 9.83. The Bertz CT molecular complexity index is 773. The van der Waals surface area contributed by atoms with Crippen molar-refractivity contribution < 1.29 is 4.79 Å². The number of thiophene rings is 1. The molecule has 2 heterocycles. The molecule has 0 unspecified atom stereocenters. The van der Waals surface area contributed by atoms with Gasteiger partial charge in [-0.05, 0) is 35.4 Å². The molecule has 0 saturated heterocycles. The minimum Gasteiger partial charge on any atom is -0.347 e. The Labute approximate surface area is 121 Å². The van der Waals surface area contributed by atoms with Gasteiger partial charge in [0.1, 0.15) is 0 Å². The van der Waals surface area contributed by atoms with Crippen molar-refractivity contribution in [2.24, 2.45) is 0 Å². The Morgan fingerprint density at radius 3 is 2.60 bits per heavy atom. The van der Waals surface area contributed by atoms with Crippen LogP contribution in [0, 0.1) is 11.8 Å². The normalized spacial score (nSPS) is 9.80. The lowest BCUT2D eigenvalue weighted by Crippen LogP contribution is -1.93. The van der Waals surface area contributed by atoms with Gasteiger partial charge in [-0.2, -0.15) is 0 Å². The Hall–Kier alpha value is -2.57. The van der Waals surface area contributed by atoms with Gasteiger partial charge in [0.15, 0.2) is 0 Å². The minimum absolute atomic E-state index is 0.169. The lowest BCUT2D eigenvalue weighted by molar-refractivity contribution is 0.105. The molecular formula is C17H11NOS. The number of aromatic amines is 1. The lowest BCUT2D eigenvalue weighted by Gasteiger charge is -1.91. The van der Waals surface area contributed by atoms with Crippen molar-refractivity contribution in [3.8, 4) is 22.4 Å². The summed E-state index contributed by atoms with van der Waals surface area (Å²) in [6.07, 6.45) is 0. The minimum atomic E-state index is -0.169. The van der Waals surface area contributed by atoms with E-state index in [9.17, 15) is 4.79 Å². The molecule has 2 aromatic heterocycles. The Kier molecular flexibility index (Phi) is 3.49. The number of hydrogen-bond donors (Lipinski definition) is 1. The van der Waals surface area contributed by atoms with E-state index < -0.39 is 0 Å². The predicted octanol–water partition coefficient (Wildman–Crippen LogP) is 3.98. The maximum atomic E-state index is 11.9. The van der Waals surface area contributed by atoms with Crippen LogP contribution in [0.15, 0.2) is 60.0 Å². The molecule has 0 radical (unpaired) electrons. The Morgan fingerprint density at radius 2 is 1.85 bits per heavy atom. The van der Waals surface area contributed by atoms with E-state index in [1.165, 1.54) is 0 Å². The molecule has 0 spiro atoms. The van der Waals surface area contributed by atoms with Crippen LogP contribution in [-0.2, 0) is 0 Å². The van der Waals surface area contributed by atoms with Gasteiger partial charge in [-0.15, -0.1) is 11.3 Å². The zero-order valence-corrected chi connectivity index (χ0v) is 11.4. The molecule has 3 rings (SSSR count). The van der Waals surface area contributed by atoms with Crippen LogP contribution in [0.1, 0.15) is 16.1 Å². The first-order valence-electron chi connectivity index (χ1n) is 6.17. The number of nitrogens with one attached hydrogen (secondary N) is 1. The van der Waals surface area contributed by atoms with Crippen molar-refractivity contribution in [1.82, 2.24) is 4.98 Å². The quantitative estimate of drug-likeness (QED) is 0.558. The lowest BCUT2D eigenvalue weighted by atomic mass is 10.1. The summed E-state index contributed by atoms with van der Waals surface area (Å²) in [5.41, 5.74) is 2.39. The summed E-state index contributed by atoms with van der Waals surface area (Å²) >= 11 is 1.66. The summed E-state index contributed by atoms with van der Waals surface area (Å²) < 4.78 is 0. The number of rotatable bonds is 2. The second-order valence-electron chi connectivity index (χ2n) is 4.21. The third-order valence-electron chi connectivity index (χ3n) is 2.82. The predicted molar refractivity (Wildman–Crippen MR) is 81.8 cm³/mol. The van der Waals surface area contributed by atoms with Crippen molar-refractivity contribution >= 4 is 17.1 Å². The van der Waals surface area contributed by atoms with Crippen molar-refractivity contribution in [3.63, 3.8) is 0 Å². The van der Waals surface area contributed by atoms with Gasteiger partial charge in [-0.1, -0.05) is 36.4 Å². The fourth-order valence-corrected chi connectivity index (χ4v) is 2.54. The van der Waals surface area contributed by atoms with Crippen LogP contribution >= 0.6 is 11.3 Å². The van der Waals surface area contributed by atoms with E-state index in [0.29, 0.717) is 5.56 Å². The number of H-pyrrole nitrogens is 1. The summed E-state index contributed by atoms with van der Waals surface area (Å²) in [5, 5.41) is 2.03. The van der Waals surface area contributed by atoms with Crippen LogP contribution in [0.5, 0.6) is 0 Å². The topological polar surface area (TPSA) is 32.9 Å². The molecule has 96 valence electrons. The molecule has 0 bridgehead atoms. The number of carbonyl (C=O) groups is 1. The van der Waals surface area contributed by atoms with Crippen LogP contribution in [0.3, 0.4) is 0 Å². The average molecular weight is 277 g/mol. The molecule has 0 aliphatic rings. The third-order valence-corrected chi connectivity index (χ3v) is 3.72. The molecule has 0 atom stereocenters. The maximum Gasteiger partial charge on any atom is 0.236 e. The summed E-state index contributed by atoms with van der Waals surface area (Å²) in [5.74, 6) is 5.36. The highest BCUT2D eigenvalue weighted by Gasteiger charge is 2.02. The molecule has 0 aliphatic carbocycles. The highest BCUT2D eigenvalue weighted by Crippen LogP contribution is 2.23. The van der Waals surface area contributed by atoms with Gasteiger partial charge < -0.3 is 4.98 Å². The van der Waals surface area contributed by atoms with Gasteiger partial charge in [0.2, 0.25) is 5.78 Å². The van der Waals surface area contributed by atoms with E-state index in [4.69, 9.17) is 0 Å². The van der Waals surface area contributed by atoms with E-state index >= 15 is 0 Å². The fraction of sp³-hybridized carbons (Fsp3) is 0. The first-order valence-corrected chi connectivity index (χ1v) is 7.05. The standard InChI is InChI=1S/C17H11NOS/c19-16(13-5-2-1-3-6-13)11-9-14-8-10-15(18-14)17-7-4-12-20-17/h1-8,10,12,18H. The summed E-state index contributed by atoms with van der Waals surface area (Å²) in [6, 6.07) is 17.0. The first kappa shape index (κ1) is 12.5. The number of hydrogen-bond acceptors (Lipinski definition) is 2. The fourth-order valence-electron chi connectivity index (χ4n) is 1.83. The molecule has 0 aliphatic heterocycles. The highest BCUT2D eigenvalue weighted by molar-refractivity contribution is 7.13. The molecule has 0 saturated carbocycles. The number of Topliss-reactive ketones (excluding diaryl/α,β-unsaturated/α-hetero) is 1. The van der Waals surface area contributed by atoms with Gasteiger partial charge in [-0.25, -0.2) is 0 Å². The van der Waals surface area contributed by atoms with Gasteiger partial charge in [0, 0.05) is 5.56 Å². The largest absolute Gasteiger partial charge is 0.347 e. The molecule has 0 fully saturated rings. The Balaban J connectivity index is 1.80. The zero-order chi connectivity index (χ0) is 13.8. The molecular weight excluding hydrogens is 266 g/mol. The molecule has 3 heteroatoms. The zero-order valence-electron chi connectivity index (χ0n) is 10.6. The molecule has 1 aromatic carbocycles. The summed E-state index contributed by atoms with van der Waals surface area (Å²) in [4.78, 5) is 16.2. The molecule has 3 aromatic rings. The van der Waals surface area contributed by atoms with Gasteiger partial charge >= 0.3 is 0 Å². The van der Waals surface area contributed by atoms with Gasteiger partial charge in [0.05, 0.1) is 16.3 Å². The van der Waals surface area contributed by atoms with Crippen molar-refractivity contribution in [2.75, 3.05) is 0 Å². The van der Waals surface area contributed by atoms with E-state index in [-0.39, 0.29) is 5.78 Å². The van der Waals surface area contributed by atoms with Crippen molar-refractivity contribution in [1.29, 1.82) is 0 Å². The number of ketones is 1. The van der Waals surface area contributed by atoms with Crippen molar-refractivity contribution in [2.45, 2.75) is 0 Å². The SMILES string of the molecule is O=C(C#Cc1ccc(-c2cccs2)[nH]1)c1ccccc1. The van der Waals surface area contributed by atoms with Crippen molar-refractivity contribution in [3.05, 3.63) is 71.2 Å². The van der Waals surface area contributed by atoms with E-state index in [1.807, 2.05) is 47.8 Å². The van der Waals surface area contributed by atoms with E-state index in [0.717, 1.165) is 16.3 Å². The van der Waals surface area contributed by atoms with E-state index in [1.54, 1.807) is 23.5 Å². The monoisotopic (exact) mass is 277 g/mol.